The highest BCUT2D eigenvalue weighted by Gasteiger charge is 2.12. The van der Waals surface area contributed by atoms with E-state index in [0.717, 1.165) is 23.4 Å². The van der Waals surface area contributed by atoms with Crippen LogP contribution in [0.15, 0.2) is 29.4 Å². The van der Waals surface area contributed by atoms with E-state index in [1.165, 1.54) is 0 Å². The fourth-order valence-corrected chi connectivity index (χ4v) is 2.03. The molecule has 2 rings (SSSR count). The summed E-state index contributed by atoms with van der Waals surface area (Å²) in [7, 11) is 0. The first-order valence-electron chi connectivity index (χ1n) is 6.02. The minimum absolute atomic E-state index is 0.176. The zero-order valence-electron chi connectivity index (χ0n) is 10.7. The van der Waals surface area contributed by atoms with E-state index in [1.54, 1.807) is 0 Å². The summed E-state index contributed by atoms with van der Waals surface area (Å²) in [5.74, 6) is 1.52. The topological polar surface area (TPSA) is 76.4 Å². The molecule has 5 heteroatoms. The van der Waals surface area contributed by atoms with E-state index in [0.29, 0.717) is 12.3 Å². The minimum atomic E-state index is 0.176. The number of nitrogens with zero attached hydrogens (tertiary/aromatic N) is 3. The van der Waals surface area contributed by atoms with Gasteiger partial charge in [0, 0.05) is 6.54 Å². The van der Waals surface area contributed by atoms with Gasteiger partial charge in [0.25, 0.3) is 0 Å². The number of hydrogen-bond donors (Lipinski definition) is 2. The summed E-state index contributed by atoms with van der Waals surface area (Å²) in [6, 6.07) is 7.97. The number of benzene rings is 1. The molecule has 2 aromatic rings. The van der Waals surface area contributed by atoms with Gasteiger partial charge in [-0.2, -0.15) is 0 Å². The molecule has 0 fully saturated rings. The lowest BCUT2D eigenvalue weighted by atomic mass is 10.2. The Bertz CT molecular complexity index is 571. The van der Waals surface area contributed by atoms with Crippen LogP contribution >= 0.6 is 0 Å². The lowest BCUT2D eigenvalue weighted by Gasteiger charge is -2.11. The Labute approximate surface area is 106 Å². The molecule has 0 aliphatic rings. The van der Waals surface area contributed by atoms with Crippen LogP contribution in [0.4, 0.5) is 0 Å². The van der Waals surface area contributed by atoms with Crippen LogP contribution in [0.25, 0.3) is 11.0 Å². The van der Waals surface area contributed by atoms with Crippen LogP contribution in [-0.2, 0) is 13.0 Å². The molecule has 18 heavy (non-hydrogen) atoms. The average molecular weight is 246 g/mol. The molecule has 3 N–H and O–H groups in total. The van der Waals surface area contributed by atoms with Gasteiger partial charge in [-0.3, -0.25) is 0 Å². The van der Waals surface area contributed by atoms with E-state index in [9.17, 15) is 0 Å². The van der Waals surface area contributed by atoms with Crippen molar-refractivity contribution in [3.8, 4) is 0 Å². The van der Waals surface area contributed by atoms with Gasteiger partial charge in [0.05, 0.1) is 17.5 Å². The Balaban J connectivity index is 2.49. The third-order valence-corrected chi connectivity index (χ3v) is 2.75. The molecule has 1 aromatic heterocycles. The molecule has 0 spiro atoms. The third kappa shape index (κ3) is 2.45. The number of fused-ring (bicyclic) bond motifs is 1. The van der Waals surface area contributed by atoms with Crippen molar-refractivity contribution in [2.45, 2.75) is 26.8 Å². The van der Waals surface area contributed by atoms with E-state index >= 15 is 0 Å². The standard InChI is InChI=1S/C13H18N4O/c1-9(2)8-17-11-6-4-3-5-10(11)15-13(17)7-12(14)16-18/h3-6,9,18H,7-8H2,1-2H3,(H2,14,16). The highest BCUT2D eigenvalue weighted by Crippen LogP contribution is 2.18. The molecule has 0 aliphatic heterocycles. The molecule has 0 saturated carbocycles. The van der Waals surface area contributed by atoms with E-state index in [4.69, 9.17) is 10.9 Å². The molecule has 0 atom stereocenters. The Morgan fingerprint density at radius 3 is 2.83 bits per heavy atom. The third-order valence-electron chi connectivity index (χ3n) is 2.75. The number of aromatic nitrogens is 2. The average Bonchev–Trinajstić information content (AvgIpc) is 2.67. The van der Waals surface area contributed by atoms with Gasteiger partial charge in [0.1, 0.15) is 11.7 Å². The van der Waals surface area contributed by atoms with Crippen molar-refractivity contribution < 1.29 is 5.21 Å². The molecule has 1 aromatic carbocycles. The summed E-state index contributed by atoms with van der Waals surface area (Å²) in [5.41, 5.74) is 7.61. The number of rotatable bonds is 4. The van der Waals surface area contributed by atoms with Crippen LogP contribution in [0.5, 0.6) is 0 Å². The molecule has 0 aliphatic carbocycles. The fraction of sp³-hybridized carbons (Fsp3) is 0.385. The van der Waals surface area contributed by atoms with Crippen molar-refractivity contribution in [3.05, 3.63) is 30.1 Å². The largest absolute Gasteiger partial charge is 0.409 e. The SMILES string of the molecule is CC(C)Cn1c(CC(N)=NO)nc2ccccc21. The summed E-state index contributed by atoms with van der Waals surface area (Å²) in [5, 5.41) is 11.7. The van der Waals surface area contributed by atoms with Gasteiger partial charge >= 0.3 is 0 Å². The summed E-state index contributed by atoms with van der Waals surface area (Å²) < 4.78 is 2.14. The van der Waals surface area contributed by atoms with Crippen LogP contribution in [-0.4, -0.2) is 20.6 Å². The normalized spacial score (nSPS) is 12.5. The molecule has 1 heterocycles. The van der Waals surface area contributed by atoms with E-state index in [2.05, 4.69) is 28.6 Å². The second kappa shape index (κ2) is 5.08. The van der Waals surface area contributed by atoms with Gasteiger partial charge in [-0.15, -0.1) is 0 Å². The second-order valence-electron chi connectivity index (χ2n) is 4.79. The van der Waals surface area contributed by atoms with Crippen LogP contribution in [0.3, 0.4) is 0 Å². The van der Waals surface area contributed by atoms with Gasteiger partial charge in [-0.05, 0) is 18.1 Å². The molecule has 0 unspecified atom stereocenters. The van der Waals surface area contributed by atoms with Crippen molar-refractivity contribution in [2.24, 2.45) is 16.8 Å². The van der Waals surface area contributed by atoms with E-state index in [1.807, 2.05) is 24.3 Å². The second-order valence-corrected chi connectivity index (χ2v) is 4.79. The molecular formula is C13H18N4O. The lowest BCUT2D eigenvalue weighted by molar-refractivity contribution is 0.317. The summed E-state index contributed by atoms with van der Waals surface area (Å²) >= 11 is 0. The van der Waals surface area contributed by atoms with E-state index < -0.39 is 0 Å². The first-order valence-corrected chi connectivity index (χ1v) is 6.02. The summed E-state index contributed by atoms with van der Waals surface area (Å²) in [6.07, 6.45) is 0.359. The quantitative estimate of drug-likeness (QED) is 0.375. The lowest BCUT2D eigenvalue weighted by Crippen LogP contribution is -2.19. The summed E-state index contributed by atoms with van der Waals surface area (Å²) in [6.45, 7) is 5.18. The monoisotopic (exact) mass is 246 g/mol. The Morgan fingerprint density at radius 1 is 1.44 bits per heavy atom. The van der Waals surface area contributed by atoms with Crippen LogP contribution < -0.4 is 5.73 Å². The number of nitrogens with two attached hydrogens (primary N) is 1. The predicted octanol–water partition coefficient (Wildman–Crippen LogP) is 1.98. The van der Waals surface area contributed by atoms with Crippen LogP contribution in [0.1, 0.15) is 19.7 Å². The van der Waals surface area contributed by atoms with Gasteiger partial charge in [-0.1, -0.05) is 31.1 Å². The molecule has 96 valence electrons. The van der Waals surface area contributed by atoms with Gasteiger partial charge in [0.15, 0.2) is 0 Å². The highest BCUT2D eigenvalue weighted by atomic mass is 16.4. The maximum atomic E-state index is 8.67. The number of para-hydroxylation sites is 2. The van der Waals surface area contributed by atoms with Crippen molar-refractivity contribution in [1.82, 2.24) is 9.55 Å². The Hall–Kier alpha value is -2.04. The fourth-order valence-electron chi connectivity index (χ4n) is 2.03. The predicted molar refractivity (Wildman–Crippen MR) is 71.7 cm³/mol. The molecule has 0 radical (unpaired) electrons. The smallest absolute Gasteiger partial charge is 0.146 e. The number of hydrogen-bond acceptors (Lipinski definition) is 3. The van der Waals surface area contributed by atoms with Gasteiger partial charge in [-0.25, -0.2) is 4.98 Å². The molecule has 0 saturated heterocycles. The van der Waals surface area contributed by atoms with Gasteiger partial charge < -0.3 is 15.5 Å². The number of amidine groups is 1. The summed E-state index contributed by atoms with van der Waals surface area (Å²) in [4.78, 5) is 4.54. The molecule has 0 amide bonds. The van der Waals surface area contributed by atoms with Gasteiger partial charge in [0.2, 0.25) is 0 Å². The van der Waals surface area contributed by atoms with Crippen molar-refractivity contribution in [3.63, 3.8) is 0 Å². The van der Waals surface area contributed by atoms with Crippen LogP contribution in [0, 0.1) is 5.92 Å². The first-order chi connectivity index (χ1) is 8.61. The zero-order chi connectivity index (χ0) is 13.1. The van der Waals surface area contributed by atoms with E-state index in [-0.39, 0.29) is 5.84 Å². The van der Waals surface area contributed by atoms with Crippen LogP contribution in [0.2, 0.25) is 0 Å². The minimum Gasteiger partial charge on any atom is -0.409 e. The maximum Gasteiger partial charge on any atom is 0.146 e. The highest BCUT2D eigenvalue weighted by molar-refractivity contribution is 5.83. The number of imidazole rings is 1. The molecule has 0 bridgehead atoms. The number of oxime groups is 1. The first kappa shape index (κ1) is 12.4. The Kier molecular flexibility index (Phi) is 3.50. The Morgan fingerprint density at radius 2 is 2.17 bits per heavy atom. The van der Waals surface area contributed by atoms with Crippen molar-refractivity contribution in [1.29, 1.82) is 0 Å². The zero-order valence-corrected chi connectivity index (χ0v) is 10.7. The maximum absolute atomic E-state index is 8.67. The molecule has 5 nitrogen and oxygen atoms in total. The van der Waals surface area contributed by atoms with Crippen molar-refractivity contribution >= 4 is 16.9 Å². The van der Waals surface area contributed by atoms with Crippen molar-refractivity contribution in [2.75, 3.05) is 0 Å². The molecular weight excluding hydrogens is 228 g/mol.